The maximum Gasteiger partial charge on any atom is 0.253 e. The van der Waals surface area contributed by atoms with Gasteiger partial charge in [0.25, 0.3) is 5.91 Å². The molecule has 1 aromatic heterocycles. The van der Waals surface area contributed by atoms with Gasteiger partial charge in [0.15, 0.2) is 0 Å². The summed E-state index contributed by atoms with van der Waals surface area (Å²) in [6.07, 6.45) is 7.80. The van der Waals surface area contributed by atoms with Crippen LogP contribution in [0.15, 0.2) is 47.7 Å². The van der Waals surface area contributed by atoms with E-state index in [0.29, 0.717) is 23.2 Å². The van der Waals surface area contributed by atoms with Crippen LogP contribution in [0.1, 0.15) is 27.9 Å². The summed E-state index contributed by atoms with van der Waals surface area (Å²) in [7, 11) is 0. The second-order valence-electron chi connectivity index (χ2n) is 6.16. The summed E-state index contributed by atoms with van der Waals surface area (Å²) in [5.74, 6) is -0.660. The fraction of sp³-hybridized carbons (Fsp3) is 0.150. The first-order valence-electron chi connectivity index (χ1n) is 8.05. The maximum atomic E-state index is 12.0. The zero-order valence-corrected chi connectivity index (χ0v) is 15.2. The van der Waals surface area contributed by atoms with Crippen molar-refractivity contribution in [2.75, 3.05) is 5.32 Å². The average Bonchev–Trinajstić information content (AvgIpc) is 2.80. The van der Waals surface area contributed by atoms with Gasteiger partial charge in [0.05, 0.1) is 22.8 Å². The Labute approximate surface area is 156 Å². The van der Waals surface area contributed by atoms with E-state index >= 15 is 0 Å². The van der Waals surface area contributed by atoms with Crippen LogP contribution in [-0.2, 0) is 0 Å². The number of fused-ring (bicyclic) bond motifs is 1. The second kappa shape index (κ2) is 7.03. The first-order chi connectivity index (χ1) is 12.4. The average molecular weight is 365 g/mol. The van der Waals surface area contributed by atoms with Gasteiger partial charge >= 0.3 is 0 Å². The number of amides is 1. The van der Waals surface area contributed by atoms with Gasteiger partial charge in [-0.25, -0.2) is 4.98 Å². The van der Waals surface area contributed by atoms with E-state index in [0.717, 1.165) is 22.2 Å². The van der Waals surface area contributed by atoms with E-state index in [1.807, 2.05) is 38.1 Å². The molecule has 0 fully saturated rings. The highest BCUT2D eigenvalue weighted by molar-refractivity contribution is 6.34. The lowest BCUT2D eigenvalue weighted by Crippen LogP contribution is -2.16. The van der Waals surface area contributed by atoms with Gasteiger partial charge in [0.2, 0.25) is 0 Å². The third kappa shape index (κ3) is 3.32. The molecule has 0 bridgehead atoms. The maximum absolute atomic E-state index is 12.0. The summed E-state index contributed by atoms with van der Waals surface area (Å²) in [6.45, 7) is 3.91. The number of nitriles is 1. The molecule has 1 aliphatic carbocycles. The zero-order chi connectivity index (χ0) is 18.8. The molecule has 1 aliphatic rings. The Hall–Kier alpha value is -3.10. The predicted molar refractivity (Wildman–Crippen MR) is 104 cm³/mol. The van der Waals surface area contributed by atoms with Crippen LogP contribution < -0.4 is 11.1 Å². The smallest absolute Gasteiger partial charge is 0.253 e. The highest BCUT2D eigenvalue weighted by atomic mass is 35.5. The van der Waals surface area contributed by atoms with Crippen molar-refractivity contribution >= 4 is 34.1 Å². The van der Waals surface area contributed by atoms with Crippen molar-refractivity contribution in [1.29, 1.82) is 5.26 Å². The number of allylic oxidation sites excluding steroid dienone is 5. The molecule has 3 rings (SSSR count). The molecule has 1 amide bonds. The number of nitrogens with two attached hydrogens (primary N) is 1. The van der Waals surface area contributed by atoms with Crippen LogP contribution in [0.5, 0.6) is 0 Å². The van der Waals surface area contributed by atoms with E-state index in [2.05, 4.69) is 16.4 Å². The summed E-state index contributed by atoms with van der Waals surface area (Å²) < 4.78 is 0. The molecule has 3 N–H and O–H groups in total. The third-order valence-electron chi connectivity index (χ3n) is 4.12. The molecular formula is C20H17ClN4O. The van der Waals surface area contributed by atoms with E-state index in [1.54, 1.807) is 12.2 Å². The SMILES string of the molecule is Cc1cc(C)c2nc(Cl)c(C(N)=O)c(NC3=CC(C#N)=CC=CC3)c2c1. The van der Waals surface area contributed by atoms with E-state index in [9.17, 15) is 10.1 Å². The van der Waals surface area contributed by atoms with Crippen LogP contribution in [0.4, 0.5) is 5.69 Å². The quantitative estimate of drug-likeness (QED) is 0.794. The normalized spacial score (nSPS) is 13.6. The molecule has 26 heavy (non-hydrogen) atoms. The number of anilines is 1. The largest absolute Gasteiger partial charge is 0.365 e. The molecule has 0 unspecified atom stereocenters. The number of hydrogen-bond acceptors (Lipinski definition) is 4. The molecule has 0 saturated carbocycles. The van der Waals surface area contributed by atoms with Crippen LogP contribution in [0.2, 0.25) is 5.15 Å². The molecule has 2 aromatic rings. The van der Waals surface area contributed by atoms with Crippen molar-refractivity contribution in [1.82, 2.24) is 4.98 Å². The number of aryl methyl sites for hydroxylation is 2. The standard InChI is InChI=1S/C20H17ClN4O/c1-11-7-12(2)17-15(8-11)18(16(20(23)26)19(21)25-17)24-14-6-4-3-5-13(9-14)10-22/h3-5,7-9H,6H2,1-2H3,(H2,23,26)(H,24,25). The van der Waals surface area contributed by atoms with Crippen molar-refractivity contribution in [2.24, 2.45) is 5.73 Å². The van der Waals surface area contributed by atoms with Crippen LogP contribution in [0.3, 0.4) is 0 Å². The number of carbonyl (C=O) groups is 1. The van der Waals surface area contributed by atoms with Gasteiger partial charge in [-0.1, -0.05) is 35.4 Å². The zero-order valence-electron chi connectivity index (χ0n) is 14.4. The van der Waals surface area contributed by atoms with Crippen LogP contribution in [-0.4, -0.2) is 10.9 Å². The van der Waals surface area contributed by atoms with Crippen LogP contribution in [0, 0.1) is 25.2 Å². The molecule has 130 valence electrons. The summed E-state index contributed by atoms with van der Waals surface area (Å²) >= 11 is 6.27. The number of primary amides is 1. The highest BCUT2D eigenvalue weighted by Gasteiger charge is 2.20. The number of nitrogens with one attached hydrogen (secondary N) is 1. The molecule has 5 nitrogen and oxygen atoms in total. The topological polar surface area (TPSA) is 91.8 Å². The van der Waals surface area contributed by atoms with Crippen molar-refractivity contribution in [3.05, 3.63) is 69.6 Å². The summed E-state index contributed by atoms with van der Waals surface area (Å²) in [5.41, 5.74) is 10.2. The molecule has 0 atom stereocenters. The Bertz CT molecular complexity index is 1060. The fourth-order valence-corrected chi connectivity index (χ4v) is 3.30. The fourth-order valence-electron chi connectivity index (χ4n) is 3.02. The summed E-state index contributed by atoms with van der Waals surface area (Å²) in [6, 6.07) is 6.07. The Morgan fingerprint density at radius 2 is 2.15 bits per heavy atom. The third-order valence-corrected chi connectivity index (χ3v) is 4.39. The summed E-state index contributed by atoms with van der Waals surface area (Å²) in [4.78, 5) is 16.4. The molecule has 0 aliphatic heterocycles. The number of carbonyl (C=O) groups excluding carboxylic acids is 1. The Kier molecular flexibility index (Phi) is 4.79. The second-order valence-corrected chi connectivity index (χ2v) is 6.51. The lowest BCUT2D eigenvalue weighted by atomic mass is 10.0. The van der Waals surface area contributed by atoms with Crippen molar-refractivity contribution in [3.8, 4) is 6.07 Å². The van der Waals surface area contributed by atoms with Crippen molar-refractivity contribution in [2.45, 2.75) is 20.3 Å². The number of rotatable bonds is 3. The number of halogens is 1. The van der Waals surface area contributed by atoms with Crippen molar-refractivity contribution in [3.63, 3.8) is 0 Å². The number of hydrogen-bond donors (Lipinski definition) is 2. The minimum Gasteiger partial charge on any atom is -0.365 e. The van der Waals surface area contributed by atoms with Crippen LogP contribution >= 0.6 is 11.6 Å². The number of benzene rings is 1. The van der Waals surface area contributed by atoms with E-state index < -0.39 is 5.91 Å². The molecule has 1 heterocycles. The van der Waals surface area contributed by atoms with Gasteiger partial charge < -0.3 is 11.1 Å². The minimum absolute atomic E-state index is 0.0558. The predicted octanol–water partition coefficient (Wildman–Crippen LogP) is 4.31. The number of nitrogens with zero attached hydrogens (tertiary/aromatic N) is 2. The molecular weight excluding hydrogens is 348 g/mol. The van der Waals surface area contributed by atoms with Gasteiger partial charge in [-0.15, -0.1) is 0 Å². The Balaban J connectivity index is 2.26. The lowest BCUT2D eigenvalue weighted by molar-refractivity contribution is 0.100. The molecule has 0 spiro atoms. The molecule has 0 radical (unpaired) electrons. The van der Waals surface area contributed by atoms with E-state index in [1.165, 1.54) is 0 Å². The first-order valence-corrected chi connectivity index (χ1v) is 8.43. The minimum atomic E-state index is -0.660. The Morgan fingerprint density at radius 1 is 1.38 bits per heavy atom. The lowest BCUT2D eigenvalue weighted by Gasteiger charge is -2.17. The van der Waals surface area contributed by atoms with Crippen LogP contribution in [0.25, 0.3) is 10.9 Å². The number of aromatic nitrogens is 1. The monoisotopic (exact) mass is 364 g/mol. The van der Waals surface area contributed by atoms with Gasteiger partial charge in [-0.2, -0.15) is 5.26 Å². The highest BCUT2D eigenvalue weighted by Crippen LogP contribution is 2.34. The molecule has 0 saturated heterocycles. The van der Waals surface area contributed by atoms with Gasteiger partial charge in [-0.05, 0) is 37.6 Å². The van der Waals surface area contributed by atoms with Crippen molar-refractivity contribution < 1.29 is 4.79 Å². The van der Waals surface area contributed by atoms with Gasteiger partial charge in [0.1, 0.15) is 10.7 Å². The number of pyridine rings is 1. The van der Waals surface area contributed by atoms with E-state index in [-0.39, 0.29) is 10.7 Å². The Morgan fingerprint density at radius 3 is 2.85 bits per heavy atom. The molecule has 1 aromatic carbocycles. The molecule has 6 heteroatoms. The first kappa shape index (κ1) is 17.7. The summed E-state index contributed by atoms with van der Waals surface area (Å²) in [5, 5.41) is 13.3. The van der Waals surface area contributed by atoms with E-state index in [4.69, 9.17) is 17.3 Å². The van der Waals surface area contributed by atoms with Gasteiger partial charge in [-0.3, -0.25) is 4.79 Å². The van der Waals surface area contributed by atoms with Gasteiger partial charge in [0, 0.05) is 17.5 Å².